The smallest absolute Gasteiger partial charge is 0.227 e. The lowest BCUT2D eigenvalue weighted by Gasteiger charge is -2.40. The van der Waals surface area contributed by atoms with Gasteiger partial charge in [0, 0.05) is 44.2 Å². The zero-order valence-corrected chi connectivity index (χ0v) is 18.5. The van der Waals surface area contributed by atoms with E-state index in [1.807, 2.05) is 40.3 Å². The third kappa shape index (κ3) is 4.64. The number of hydrogen-bond donors (Lipinski definition) is 0. The van der Waals surface area contributed by atoms with Gasteiger partial charge >= 0.3 is 0 Å². The minimum atomic E-state index is 0.0536. The molecule has 32 heavy (non-hydrogen) atoms. The molecule has 0 radical (unpaired) electrons. The molecule has 8 heteroatoms. The molecule has 4 heterocycles. The van der Waals surface area contributed by atoms with Gasteiger partial charge in [-0.1, -0.05) is 17.3 Å². The van der Waals surface area contributed by atoms with Crippen LogP contribution in [0.25, 0.3) is 0 Å². The second-order valence-corrected chi connectivity index (χ2v) is 9.48. The molecule has 1 atom stereocenters. The summed E-state index contributed by atoms with van der Waals surface area (Å²) in [6.07, 6.45) is 7.44. The maximum atomic E-state index is 13.1. The normalized spacial score (nSPS) is 24.9. The van der Waals surface area contributed by atoms with E-state index in [1.165, 1.54) is 0 Å². The Morgan fingerprint density at radius 2 is 1.81 bits per heavy atom. The van der Waals surface area contributed by atoms with E-state index >= 15 is 0 Å². The van der Waals surface area contributed by atoms with Crippen molar-refractivity contribution < 1.29 is 14.3 Å². The zero-order chi connectivity index (χ0) is 22.0. The quantitative estimate of drug-likeness (QED) is 0.630. The summed E-state index contributed by atoms with van der Waals surface area (Å²) in [6, 6.07) is 7.80. The average Bonchev–Trinajstić information content (AvgIpc) is 3.41. The van der Waals surface area contributed by atoms with Crippen molar-refractivity contribution >= 4 is 11.8 Å². The molecule has 3 aliphatic heterocycles. The summed E-state index contributed by atoms with van der Waals surface area (Å²) in [5.74, 6) is 1.15. The van der Waals surface area contributed by atoms with E-state index in [9.17, 15) is 9.59 Å². The molecule has 2 saturated heterocycles. The van der Waals surface area contributed by atoms with E-state index in [0.717, 1.165) is 75.3 Å². The van der Waals surface area contributed by atoms with Crippen LogP contribution in [0.3, 0.4) is 0 Å². The van der Waals surface area contributed by atoms with E-state index in [4.69, 9.17) is 4.74 Å². The first-order valence-electron chi connectivity index (χ1n) is 11.7. The predicted molar refractivity (Wildman–Crippen MR) is 118 cm³/mol. The molecule has 1 unspecified atom stereocenters. The first kappa shape index (κ1) is 21.0. The minimum absolute atomic E-state index is 0.0536. The topological polar surface area (TPSA) is 80.6 Å². The maximum Gasteiger partial charge on any atom is 0.227 e. The SMILES string of the molecule is O=C1CCCc2cn(nn2)CCOc2cccc(c2)CC(=O)N2CCCC3(CCN1C3)C2. The summed E-state index contributed by atoms with van der Waals surface area (Å²) in [6.45, 7) is 4.21. The van der Waals surface area contributed by atoms with Gasteiger partial charge < -0.3 is 14.5 Å². The Hall–Kier alpha value is -2.90. The summed E-state index contributed by atoms with van der Waals surface area (Å²) in [5.41, 5.74) is 1.93. The average molecular weight is 438 g/mol. The number of piperidine rings is 1. The number of amides is 2. The summed E-state index contributed by atoms with van der Waals surface area (Å²) in [4.78, 5) is 30.0. The molecule has 0 N–H and O–H groups in total. The minimum Gasteiger partial charge on any atom is -0.492 e. The number of benzene rings is 1. The number of rotatable bonds is 0. The molecule has 2 aromatic rings. The molecule has 0 saturated carbocycles. The lowest BCUT2D eigenvalue weighted by atomic mass is 9.79. The fourth-order valence-electron chi connectivity index (χ4n) is 5.33. The van der Waals surface area contributed by atoms with Crippen LogP contribution in [0.15, 0.2) is 30.5 Å². The van der Waals surface area contributed by atoms with Gasteiger partial charge in [0.1, 0.15) is 12.4 Å². The number of fused-ring (bicyclic) bond motifs is 6. The van der Waals surface area contributed by atoms with Gasteiger partial charge in [0.05, 0.1) is 18.7 Å². The van der Waals surface area contributed by atoms with Gasteiger partial charge in [-0.2, -0.15) is 0 Å². The highest BCUT2D eigenvalue weighted by atomic mass is 16.5. The standard InChI is InChI=1S/C24H31N5O3/c30-22-7-2-5-20-16-29(26-25-20)12-13-32-21-6-1-4-19(14-21)15-23(31)27-10-3-8-24(17-27)9-11-28(22)18-24/h1,4,6,14,16H,2-3,5,7-13,15,17-18H2. The van der Waals surface area contributed by atoms with Crippen LogP contribution >= 0.6 is 0 Å². The molecule has 5 rings (SSSR count). The van der Waals surface area contributed by atoms with Crippen LogP contribution in [0.5, 0.6) is 5.75 Å². The molecule has 8 nitrogen and oxygen atoms in total. The van der Waals surface area contributed by atoms with Crippen LogP contribution in [0.1, 0.15) is 43.4 Å². The summed E-state index contributed by atoms with van der Waals surface area (Å²) < 4.78 is 7.68. The molecule has 7 bridgehead atoms. The Morgan fingerprint density at radius 1 is 0.938 bits per heavy atom. The van der Waals surface area contributed by atoms with Gasteiger partial charge in [-0.15, -0.1) is 5.10 Å². The fourth-order valence-corrected chi connectivity index (χ4v) is 5.33. The van der Waals surface area contributed by atoms with E-state index in [1.54, 1.807) is 4.68 Å². The van der Waals surface area contributed by atoms with Gasteiger partial charge in [-0.25, -0.2) is 4.68 Å². The Bertz CT molecular complexity index is 990. The van der Waals surface area contributed by atoms with Gasteiger partial charge in [0.2, 0.25) is 11.8 Å². The molecule has 2 amide bonds. The maximum absolute atomic E-state index is 13.1. The number of carbonyl (C=O) groups excluding carboxylic acids is 2. The van der Waals surface area contributed by atoms with Gasteiger partial charge in [-0.3, -0.25) is 9.59 Å². The van der Waals surface area contributed by atoms with E-state index < -0.39 is 0 Å². The molecule has 1 aromatic heterocycles. The highest BCUT2D eigenvalue weighted by molar-refractivity contribution is 5.79. The number of ether oxygens (including phenoxy) is 1. The second-order valence-electron chi connectivity index (χ2n) is 9.48. The lowest BCUT2D eigenvalue weighted by Crippen LogP contribution is -2.48. The van der Waals surface area contributed by atoms with Crippen molar-refractivity contribution in [2.45, 2.75) is 51.5 Å². The monoisotopic (exact) mass is 437 g/mol. The molecule has 170 valence electrons. The van der Waals surface area contributed by atoms with Crippen molar-refractivity contribution in [3.8, 4) is 5.75 Å². The lowest BCUT2D eigenvalue weighted by molar-refractivity contribution is -0.134. The van der Waals surface area contributed by atoms with Crippen LogP contribution in [-0.4, -0.2) is 69.4 Å². The first-order valence-corrected chi connectivity index (χ1v) is 11.7. The molecule has 3 aliphatic rings. The third-order valence-electron chi connectivity index (χ3n) is 7.06. The Balaban J connectivity index is 1.35. The molecular formula is C24H31N5O3. The number of aromatic nitrogens is 3. The Kier molecular flexibility index (Phi) is 5.85. The van der Waals surface area contributed by atoms with Crippen molar-refractivity contribution in [3.05, 3.63) is 41.7 Å². The zero-order valence-electron chi connectivity index (χ0n) is 18.5. The van der Waals surface area contributed by atoms with Crippen LogP contribution in [0.4, 0.5) is 0 Å². The van der Waals surface area contributed by atoms with Crippen molar-refractivity contribution in [3.63, 3.8) is 0 Å². The Morgan fingerprint density at radius 3 is 2.72 bits per heavy atom. The first-order chi connectivity index (χ1) is 15.6. The summed E-state index contributed by atoms with van der Waals surface area (Å²) >= 11 is 0. The molecule has 0 aliphatic carbocycles. The molecule has 1 spiro atoms. The third-order valence-corrected chi connectivity index (χ3v) is 7.06. The number of aryl methyl sites for hydroxylation is 1. The van der Waals surface area contributed by atoms with E-state index in [2.05, 4.69) is 10.3 Å². The van der Waals surface area contributed by atoms with Crippen LogP contribution in [0, 0.1) is 5.41 Å². The van der Waals surface area contributed by atoms with Gasteiger partial charge in [-0.05, 0) is 49.8 Å². The molecular weight excluding hydrogens is 406 g/mol. The summed E-state index contributed by atoms with van der Waals surface area (Å²) in [7, 11) is 0. The Labute approximate surface area is 188 Å². The van der Waals surface area contributed by atoms with E-state index in [0.29, 0.717) is 26.0 Å². The number of carbonyl (C=O) groups is 2. The number of nitrogens with zero attached hydrogens (tertiary/aromatic N) is 5. The predicted octanol–water partition coefficient (Wildman–Crippen LogP) is 2.08. The fraction of sp³-hybridized carbons (Fsp3) is 0.583. The largest absolute Gasteiger partial charge is 0.492 e. The summed E-state index contributed by atoms with van der Waals surface area (Å²) in [5, 5.41) is 8.41. The van der Waals surface area contributed by atoms with Crippen molar-refractivity contribution in [1.82, 2.24) is 24.8 Å². The van der Waals surface area contributed by atoms with Crippen molar-refractivity contribution in [2.75, 3.05) is 32.8 Å². The van der Waals surface area contributed by atoms with Crippen molar-refractivity contribution in [2.24, 2.45) is 5.41 Å². The van der Waals surface area contributed by atoms with Gasteiger partial charge in [0.15, 0.2) is 0 Å². The van der Waals surface area contributed by atoms with Crippen molar-refractivity contribution in [1.29, 1.82) is 0 Å². The highest BCUT2D eigenvalue weighted by Crippen LogP contribution is 2.39. The van der Waals surface area contributed by atoms with Gasteiger partial charge in [0.25, 0.3) is 0 Å². The van der Waals surface area contributed by atoms with E-state index in [-0.39, 0.29) is 17.2 Å². The molecule has 2 fully saturated rings. The number of hydrogen-bond acceptors (Lipinski definition) is 5. The second kappa shape index (κ2) is 8.92. The van der Waals surface area contributed by atoms with Crippen LogP contribution < -0.4 is 4.74 Å². The van der Waals surface area contributed by atoms with Crippen LogP contribution in [-0.2, 0) is 29.0 Å². The molecule has 1 aromatic carbocycles. The van der Waals surface area contributed by atoms with Crippen LogP contribution in [0.2, 0.25) is 0 Å². The highest BCUT2D eigenvalue weighted by Gasteiger charge is 2.43.